The molecule has 20 N–H and O–H groups in total. The zero-order chi connectivity index (χ0) is 113. The van der Waals surface area contributed by atoms with Crippen molar-refractivity contribution in [2.24, 2.45) is 0 Å². The predicted octanol–water partition coefficient (Wildman–Crippen LogP) is -1.23. The lowest BCUT2D eigenvalue weighted by Crippen LogP contribution is -2.39. The van der Waals surface area contributed by atoms with Gasteiger partial charge >= 0.3 is 22.8 Å². The Morgan fingerprint density at radius 3 is 0.772 bits per heavy atom. The number of Topliss-reactive ketones (excluding diaryl/α,β-unsaturated/α-hetero) is 2. The fraction of sp³-hybridized carbons (Fsp3) is 0.638. The molecule has 6 aromatic heterocycles. The van der Waals surface area contributed by atoms with Gasteiger partial charge in [-0.1, -0.05) is 13.8 Å². The molecular weight excluding hydrogens is 2100 g/mol. The molecule has 6 aliphatic rings. The number of hydrogen-bond acceptors (Lipinski definition) is 35. The Bertz CT molecular complexity index is 6340. The number of aryl methyl sites for hydroxylation is 2. The van der Waals surface area contributed by atoms with Crippen LogP contribution in [0.5, 0.6) is 5.75 Å². The van der Waals surface area contributed by atoms with Crippen LogP contribution >= 0.6 is 65.8 Å². The van der Waals surface area contributed by atoms with Gasteiger partial charge < -0.3 is 105 Å². The summed E-state index contributed by atoms with van der Waals surface area (Å²) < 4.78 is 46.9. The molecule has 0 saturated carbocycles. The van der Waals surface area contributed by atoms with E-state index in [1.807, 2.05) is 20.3 Å². The third-order valence-corrected chi connectivity index (χ3v) is 34.1. The van der Waals surface area contributed by atoms with E-state index < -0.39 is 239 Å². The van der Waals surface area contributed by atoms with Crippen LogP contribution in [-0.4, -0.2) is 413 Å². The third kappa shape index (κ3) is 37.4. The molecule has 149 heavy (non-hydrogen) atoms. The molecule has 2 amide bonds. The maximum atomic E-state index is 12.1. The van der Waals surface area contributed by atoms with Crippen molar-refractivity contribution in [2.45, 2.75) is 260 Å². The quantitative estimate of drug-likeness (QED) is 0.0164. The predicted molar refractivity (Wildman–Crippen MR) is 589 cm³/mol. The molecule has 6 aromatic rings. The standard InChI is InChI=1S/C16H26N3O6P.C16H26N3O5PS.C16H25N2O7P.C16H25N2O6P.C15H25N2O5P.C15H25N2O4PS/c1-9(20)17-7-10-8-19(16(24)18-14(10)23)15-13(22)12(21)11(25-15)5-6-26(2,3)4;1-9(20)17-7-10-8-19(16(26)18-14(10)23)15-13(22)12(21)11(24-15)5-6-25(2,3)4;1-9(19)8-24-11-7-18(16(23)17-14(11)22)15-13(21)12(20)10(25-15)5-6-26(2,3)4;1-9(19)7-10-8-18(16(23)17-14(10)22)15-13(21)12(20)11(24-15)5-6-25(2,3)4;1-5-9-8-17(15(21)16-13(9)20)14-12(19)11(18)10(22-14)6-7-23(2,3)4;1-5-9-8-17(15(23)16-13(9)20)14-12(19)11(18)10(21-14)6-7-22(2,3)4/h8,11-13,15,21-22H,2,5-7H2,1,3-4H3,(H,17,20)(H,18,23,24);8,11-13,15,21-22H,2,5-7H2,1,3-4H3,(H,17,20)(H,18,23,26);7,10,12-13,15,20-21H,2,5-6,8H2,1,3-4H3,(H,17,22,23);8,11-13,15,20-21H,2,5-7H2,1,3-4H3,(H,17,22,23);8,10-12,14,18-19H,2,5-7H2,1,3-4H3,(H,16,20,21);8,10-12,14,18-19H,2,5-7H2,1,3-4H3,(H,16,20,23)/t2*11-,12-,13-,15?;10-,12-,13-,15?;11-,12-,13-,15?;2*10-,11-,12-,14?/m111111/s1. The molecule has 12 rings (SSSR count). The molecule has 6 unspecified atom stereocenters. The van der Waals surface area contributed by atoms with E-state index in [0.29, 0.717) is 62.5 Å². The Kier molecular flexibility index (Phi) is 46.8. The summed E-state index contributed by atoms with van der Waals surface area (Å²) in [5, 5.41) is 128. The number of ketones is 2. The Labute approximate surface area is 871 Å². The average Bonchev–Trinajstić information content (AvgIpc) is 1.67. The number of amides is 2. The lowest BCUT2D eigenvalue weighted by Gasteiger charge is -2.20. The molecule has 12 heterocycles. The number of aromatic amines is 6. The first-order valence-electron chi connectivity index (χ1n) is 48.1. The van der Waals surface area contributed by atoms with Gasteiger partial charge in [0.1, 0.15) is 85.6 Å². The number of nitrogens with zero attached hydrogens (tertiary/aromatic N) is 6. The second kappa shape index (κ2) is 54.4. The Morgan fingerprint density at radius 1 is 0.315 bits per heavy atom. The number of carbonyl (C=O) groups is 4. The first kappa shape index (κ1) is 128. The zero-order valence-corrected chi connectivity index (χ0v) is 94.4. The Balaban J connectivity index is 0.000000242. The van der Waals surface area contributed by atoms with Gasteiger partial charge in [0.15, 0.2) is 52.7 Å². The molecule has 0 bridgehead atoms. The van der Waals surface area contributed by atoms with Gasteiger partial charge in [-0.05, 0) is 207 Å². The zero-order valence-electron chi connectivity index (χ0n) is 87.4. The average molecular weight is 2260 g/mol. The molecule has 0 aromatic carbocycles. The summed E-state index contributed by atoms with van der Waals surface area (Å²) in [6.45, 7) is 25.7. The molecule has 47 nitrogen and oxygen atoms in total. The van der Waals surface area contributed by atoms with Crippen LogP contribution in [0, 0.1) is 9.54 Å². The summed E-state index contributed by atoms with van der Waals surface area (Å²) in [6.07, 6.45) is 17.9. The number of rotatable bonds is 35. The Hall–Kier alpha value is -7.92. The van der Waals surface area contributed by atoms with Crippen LogP contribution in [0.25, 0.3) is 0 Å². The van der Waals surface area contributed by atoms with Gasteiger partial charge in [-0.3, -0.25) is 105 Å². The highest BCUT2D eigenvalue weighted by Crippen LogP contribution is 2.46. The fourth-order valence-electron chi connectivity index (χ4n) is 16.2. The van der Waals surface area contributed by atoms with Gasteiger partial charge in [-0.25, -0.2) is 19.2 Å². The summed E-state index contributed by atoms with van der Waals surface area (Å²) >= 11 is 10.3. The number of hydrogen-bond donors (Lipinski definition) is 20. The minimum absolute atomic E-state index is 0.0231. The number of aromatic nitrogens is 12. The normalized spacial score (nSPS) is 26.8. The summed E-state index contributed by atoms with van der Waals surface area (Å²) in [5.41, 5.74) is -4.68. The van der Waals surface area contributed by atoms with Crippen LogP contribution in [0.1, 0.15) is 145 Å². The maximum absolute atomic E-state index is 12.1. The smallest absolute Gasteiger partial charge is 0.330 e. The topological polar surface area (TPSA) is 695 Å². The van der Waals surface area contributed by atoms with E-state index in [-0.39, 0.29) is 87.0 Å². The third-order valence-electron chi connectivity index (χ3n) is 24.6. The van der Waals surface area contributed by atoms with E-state index in [4.69, 9.17) is 57.6 Å². The summed E-state index contributed by atoms with van der Waals surface area (Å²) in [4.78, 5) is 177. The summed E-state index contributed by atoms with van der Waals surface area (Å²) in [5.74, 6) is -1.38. The highest BCUT2D eigenvalue weighted by Gasteiger charge is 2.50. The number of ether oxygens (including phenoxy) is 7. The highest BCUT2D eigenvalue weighted by molar-refractivity contribution is 7.74. The first-order valence-corrected chi connectivity index (χ1v) is 67.2. The van der Waals surface area contributed by atoms with Gasteiger partial charge in [0.2, 0.25) is 17.6 Å². The van der Waals surface area contributed by atoms with Crippen LogP contribution in [0.3, 0.4) is 0 Å². The van der Waals surface area contributed by atoms with Crippen LogP contribution in [0.4, 0.5) is 0 Å². The lowest BCUT2D eigenvalue weighted by atomic mass is 10.1. The molecule has 6 fully saturated rings. The highest BCUT2D eigenvalue weighted by atomic mass is 32.1. The minimum Gasteiger partial charge on any atom is -0.479 e. The van der Waals surface area contributed by atoms with Crippen LogP contribution < -0.4 is 71.5 Å². The molecule has 55 heteroatoms. The SMILES string of the molecule is C=P(C)(C)CC[C@H]1OC(n2cc(CC(C)=O)c(=O)[nH]c2=O)[C@H](O)[C@@H]1O.C=P(C)(C)CC[C@H]1OC(n2cc(CC)c(=O)[nH]c2=O)[C@H](O)[C@@H]1O.C=P(C)(C)CC[C@H]1OC(n2cc(CC)c(=O)[nH]c2=S)[C@H](O)[C@@H]1O.C=P(C)(C)CC[C@H]1OC(n2cc(CNC(C)=O)c(=O)[nH]c2=O)[C@H](O)[C@@H]1O.C=P(C)(C)CC[C@H]1OC(n2cc(CNC(C)=O)c(=O)[nH]c2=S)[C@H](O)[C@@H]1O.C=P(C)(C)CC[C@H]1OC(n2cc(OCC(C)=O)c(=O)[nH]c2=O)[C@H](O)[C@@H]1O. The van der Waals surface area contributed by atoms with Crippen molar-refractivity contribution in [3.8, 4) is 5.75 Å². The summed E-state index contributed by atoms with van der Waals surface area (Å²) in [6, 6.07) is 0. The molecule has 6 aliphatic heterocycles. The van der Waals surface area contributed by atoms with Gasteiger partial charge in [0.25, 0.3) is 33.4 Å². The van der Waals surface area contributed by atoms with E-state index in [1.165, 1.54) is 61.6 Å². The number of H-pyrrole nitrogens is 6. The van der Waals surface area contributed by atoms with Gasteiger partial charge in [-0.2, -0.15) is 0 Å². The number of aliphatic hydroxyl groups excluding tert-OH is 12. The second-order valence-electron chi connectivity index (χ2n) is 42.1. The lowest BCUT2D eigenvalue weighted by molar-refractivity contribution is -0.120. The van der Waals surface area contributed by atoms with Gasteiger partial charge in [0.05, 0.1) is 53.9 Å². The van der Waals surface area contributed by atoms with Crippen LogP contribution in [0.2, 0.25) is 0 Å². The fourth-order valence-corrected chi connectivity index (χ4v) is 22.4. The molecule has 0 spiro atoms. The van der Waals surface area contributed by atoms with E-state index in [2.05, 4.69) is 145 Å². The second-order valence-corrected chi connectivity index (χ2v) is 68.8. The van der Waals surface area contributed by atoms with Crippen molar-refractivity contribution in [1.82, 2.24) is 67.9 Å². The maximum Gasteiger partial charge on any atom is 0.330 e. The molecule has 24 atom stereocenters. The first-order chi connectivity index (χ1) is 68.7. The van der Waals surface area contributed by atoms with Crippen molar-refractivity contribution in [2.75, 3.05) is 124 Å². The van der Waals surface area contributed by atoms with E-state index in [9.17, 15) is 128 Å². The van der Waals surface area contributed by atoms with Gasteiger partial charge in [0, 0.05) is 81.0 Å². The van der Waals surface area contributed by atoms with Crippen molar-refractivity contribution < 1.29 is 114 Å². The van der Waals surface area contributed by atoms with Crippen molar-refractivity contribution in [3.63, 3.8) is 0 Å². The number of carbonyl (C=O) groups excluding carboxylic acids is 4. The van der Waals surface area contributed by atoms with E-state index >= 15 is 0 Å². The van der Waals surface area contributed by atoms with E-state index in [0.717, 1.165) is 61.4 Å². The van der Waals surface area contributed by atoms with Crippen molar-refractivity contribution in [1.29, 1.82) is 0 Å². The van der Waals surface area contributed by atoms with Crippen molar-refractivity contribution >= 4 is 127 Å². The molecular formula is C94H152N14O33P6S2. The molecule has 838 valence electrons. The summed E-state index contributed by atoms with van der Waals surface area (Å²) in [7, 11) is 0. The van der Waals surface area contributed by atoms with Crippen molar-refractivity contribution in [3.05, 3.63) is 179 Å². The largest absolute Gasteiger partial charge is 0.479 e. The Morgan fingerprint density at radius 2 is 0.523 bits per heavy atom. The molecule has 0 aliphatic carbocycles. The monoisotopic (exact) mass is 2250 g/mol. The molecule has 6 saturated heterocycles. The van der Waals surface area contributed by atoms with Crippen LogP contribution in [-0.2, 0) is 80.0 Å². The van der Waals surface area contributed by atoms with Gasteiger partial charge in [-0.15, -0.1) is 79.1 Å². The van der Waals surface area contributed by atoms with E-state index in [1.54, 1.807) is 13.1 Å². The minimum atomic E-state index is -1.35. The number of nitrogens with one attached hydrogen (secondary N) is 8. The number of aliphatic hydroxyl groups is 12. The molecule has 0 radical (unpaired) electrons. The van der Waals surface area contributed by atoms with Crippen LogP contribution in [0.15, 0.2) is 85.1 Å².